The predicted molar refractivity (Wildman–Crippen MR) is 139 cm³/mol. The first kappa shape index (κ1) is 27.7. The van der Waals surface area contributed by atoms with Crippen molar-refractivity contribution in [3.8, 4) is 5.75 Å². The smallest absolute Gasteiger partial charge is 0.352 e. The normalized spacial score (nSPS) is 21.2. The lowest BCUT2D eigenvalue weighted by Gasteiger charge is -2.49. The van der Waals surface area contributed by atoms with Crippen LogP contribution in [0.15, 0.2) is 45.6 Å². The molecule has 3 aliphatic heterocycles. The first-order valence-corrected chi connectivity index (χ1v) is 13.2. The number of anilines is 2. The summed E-state index contributed by atoms with van der Waals surface area (Å²) in [6, 6.07) is 0.423. The number of nitrogens with zero attached hydrogens (tertiary/aromatic N) is 4. The van der Waals surface area contributed by atoms with E-state index in [-0.39, 0.29) is 36.3 Å². The number of thioether (sulfide) groups is 1. The first-order valence-electron chi connectivity index (χ1n) is 12.2. The third-order valence-electron chi connectivity index (χ3n) is 6.07. The number of carboxylic acid groups (broad SMARTS) is 1. The summed E-state index contributed by atoms with van der Waals surface area (Å²) in [6.07, 6.45) is 3.79. The van der Waals surface area contributed by atoms with Crippen LogP contribution < -0.4 is 31.4 Å². The maximum absolute atomic E-state index is 13.1. The standard InChI is InChI=1S/C23H24N8O9S/c1-2-37-14(32)8-39-29-15(12-7-38-22(24)27-12)18(33)28-16-19(34)31-17(21(35)36)10(9-41-20(16)31)5-30-4-3-11-13(6-30)40-23(25)26-11/h3-4,6-7,16,20,23H,2,5,8-9,25H2,1H3,(H4,24,27,28,33,35,36)/p+1/t16?,20-,23?/m1/s1. The Morgan fingerprint density at radius 1 is 1.41 bits per heavy atom. The van der Waals surface area contributed by atoms with Crippen molar-refractivity contribution >= 4 is 52.9 Å². The van der Waals surface area contributed by atoms with E-state index in [1.54, 1.807) is 30.0 Å². The van der Waals surface area contributed by atoms with E-state index >= 15 is 0 Å². The van der Waals surface area contributed by atoms with Crippen LogP contribution in [0.1, 0.15) is 12.6 Å². The van der Waals surface area contributed by atoms with Gasteiger partial charge in [0.15, 0.2) is 18.5 Å². The van der Waals surface area contributed by atoms with Crippen LogP contribution in [-0.4, -0.2) is 81.2 Å². The number of nitrogen functional groups attached to an aromatic ring is 1. The molecule has 7 N–H and O–H groups in total. The number of amides is 2. The number of oxazole rings is 1. The maximum atomic E-state index is 13.1. The average molecular weight is 590 g/mol. The number of nitrogens with two attached hydrogens (primary N) is 2. The number of rotatable bonds is 10. The topological polar surface area (TPSA) is 238 Å². The van der Waals surface area contributed by atoms with Gasteiger partial charge in [-0.05, 0) is 6.92 Å². The first-order chi connectivity index (χ1) is 19.7. The van der Waals surface area contributed by atoms with Crippen molar-refractivity contribution in [1.82, 2.24) is 15.2 Å². The monoisotopic (exact) mass is 589 g/mol. The highest BCUT2D eigenvalue weighted by atomic mass is 32.2. The Labute approximate surface area is 235 Å². The number of aliphatic carboxylic acids is 1. The van der Waals surface area contributed by atoms with Crippen LogP contribution in [0.3, 0.4) is 0 Å². The van der Waals surface area contributed by atoms with E-state index in [4.69, 9.17) is 30.2 Å². The summed E-state index contributed by atoms with van der Waals surface area (Å²) in [6.45, 7) is 1.33. The van der Waals surface area contributed by atoms with Crippen LogP contribution in [0, 0.1) is 0 Å². The summed E-state index contributed by atoms with van der Waals surface area (Å²) in [7, 11) is 0. The number of nitrogens with one attached hydrogen (secondary N) is 2. The molecule has 216 valence electrons. The summed E-state index contributed by atoms with van der Waals surface area (Å²) in [4.78, 5) is 60.0. The molecule has 0 radical (unpaired) electrons. The molecule has 2 amide bonds. The number of carboxylic acids is 1. The van der Waals surface area contributed by atoms with E-state index in [1.165, 1.54) is 11.8 Å². The van der Waals surface area contributed by atoms with Crippen LogP contribution >= 0.6 is 11.8 Å². The zero-order valence-electron chi connectivity index (χ0n) is 21.4. The summed E-state index contributed by atoms with van der Waals surface area (Å²) in [5.41, 5.74) is 11.7. The lowest BCUT2D eigenvalue weighted by Crippen LogP contribution is -2.71. The number of ether oxygens (including phenoxy) is 2. The molecule has 18 heteroatoms. The van der Waals surface area contributed by atoms with E-state index in [1.807, 2.05) is 0 Å². The number of fused-ring (bicyclic) bond motifs is 2. The number of carbonyl (C=O) groups excluding carboxylic acids is 3. The van der Waals surface area contributed by atoms with Gasteiger partial charge in [0.25, 0.3) is 17.8 Å². The summed E-state index contributed by atoms with van der Waals surface area (Å²) < 4.78 is 16.9. The number of pyridine rings is 1. The summed E-state index contributed by atoms with van der Waals surface area (Å²) in [5, 5.41) is 18.4. The molecule has 2 unspecified atom stereocenters. The second-order valence-electron chi connectivity index (χ2n) is 8.79. The van der Waals surface area contributed by atoms with Gasteiger partial charge < -0.3 is 40.2 Å². The van der Waals surface area contributed by atoms with Crippen LogP contribution in [0.2, 0.25) is 0 Å². The number of hydrogen-bond donors (Lipinski definition) is 5. The van der Waals surface area contributed by atoms with Gasteiger partial charge in [-0.25, -0.2) is 9.59 Å². The Morgan fingerprint density at radius 2 is 2.22 bits per heavy atom. The number of hydrogen-bond acceptors (Lipinski definition) is 14. The Hall–Kier alpha value is -4.84. The van der Waals surface area contributed by atoms with Gasteiger partial charge in [-0.15, -0.1) is 11.8 Å². The molecular weight excluding hydrogens is 564 g/mol. The van der Waals surface area contributed by atoms with E-state index < -0.39 is 53.8 Å². The minimum absolute atomic E-state index is 0.108. The molecule has 0 spiro atoms. The van der Waals surface area contributed by atoms with Crippen LogP contribution in [0.25, 0.3) is 0 Å². The van der Waals surface area contributed by atoms with Gasteiger partial charge in [0.1, 0.15) is 29.1 Å². The van der Waals surface area contributed by atoms with Gasteiger partial charge in [-0.3, -0.25) is 20.2 Å². The van der Waals surface area contributed by atoms with Gasteiger partial charge in [0.05, 0.1) is 12.3 Å². The number of oxime groups is 1. The molecule has 41 heavy (non-hydrogen) atoms. The quantitative estimate of drug-likeness (QED) is 0.0684. The number of carbonyl (C=O) groups is 4. The molecule has 3 atom stereocenters. The zero-order valence-corrected chi connectivity index (χ0v) is 22.3. The third-order valence-corrected chi connectivity index (χ3v) is 7.41. The fourth-order valence-electron chi connectivity index (χ4n) is 4.33. The summed E-state index contributed by atoms with van der Waals surface area (Å²) in [5.74, 6) is -2.72. The second kappa shape index (κ2) is 11.3. The van der Waals surface area contributed by atoms with Crippen molar-refractivity contribution in [3.05, 3.63) is 41.7 Å². The van der Waals surface area contributed by atoms with Gasteiger partial charge in [-0.2, -0.15) is 9.55 Å². The van der Waals surface area contributed by atoms with E-state index in [2.05, 4.69) is 20.8 Å². The molecular formula is C23H25N8O9S+. The molecule has 5 heterocycles. The molecule has 0 saturated carbocycles. The Bertz CT molecular complexity index is 1470. The molecule has 2 aromatic rings. The van der Waals surface area contributed by atoms with Crippen molar-refractivity contribution in [2.45, 2.75) is 31.2 Å². The molecule has 1 saturated heterocycles. The van der Waals surface area contributed by atoms with E-state index in [0.29, 0.717) is 17.0 Å². The number of β-lactam (4-membered cyclic amide) rings is 1. The predicted octanol–water partition coefficient (Wildman–Crippen LogP) is -1.69. The molecule has 3 aliphatic rings. The lowest BCUT2D eigenvalue weighted by molar-refractivity contribution is -0.689. The van der Waals surface area contributed by atoms with Crippen molar-refractivity contribution in [1.29, 1.82) is 0 Å². The largest absolute Gasteiger partial charge is 0.477 e. The molecule has 0 bridgehead atoms. The molecule has 0 aromatic carbocycles. The van der Waals surface area contributed by atoms with Gasteiger partial charge in [-0.1, -0.05) is 5.16 Å². The molecule has 2 aromatic heterocycles. The second-order valence-corrected chi connectivity index (χ2v) is 9.89. The van der Waals surface area contributed by atoms with Crippen LogP contribution in [0.5, 0.6) is 5.75 Å². The van der Waals surface area contributed by atoms with Crippen LogP contribution in [-0.2, 0) is 35.3 Å². The van der Waals surface area contributed by atoms with Gasteiger partial charge in [0, 0.05) is 17.4 Å². The number of esters is 1. The Kier molecular flexibility index (Phi) is 7.66. The SMILES string of the molecule is CCOC(=O)CON=C(C(=O)NC1C(=O)N2C(C(=O)O)=C(C[n+]3ccc4c(c3)OC(N)N4)CS[C@H]12)c1coc(N)n1. The van der Waals surface area contributed by atoms with E-state index in [0.717, 1.165) is 11.2 Å². The highest BCUT2D eigenvalue weighted by molar-refractivity contribution is 8.00. The van der Waals surface area contributed by atoms with E-state index in [9.17, 15) is 24.3 Å². The molecule has 0 aliphatic carbocycles. The maximum Gasteiger partial charge on any atom is 0.352 e. The Morgan fingerprint density at radius 3 is 2.93 bits per heavy atom. The minimum atomic E-state index is -1.28. The third kappa shape index (κ3) is 5.59. The van der Waals surface area contributed by atoms with Crippen LogP contribution in [0.4, 0.5) is 11.7 Å². The molecule has 1 fully saturated rings. The highest BCUT2D eigenvalue weighted by Gasteiger charge is 2.55. The average Bonchev–Trinajstić information content (AvgIpc) is 3.53. The zero-order chi connectivity index (χ0) is 29.3. The van der Waals surface area contributed by atoms with Crippen molar-refractivity contribution in [3.63, 3.8) is 0 Å². The minimum Gasteiger partial charge on any atom is -0.477 e. The van der Waals surface area contributed by atoms with Crippen molar-refractivity contribution in [2.75, 3.05) is 30.0 Å². The summed E-state index contributed by atoms with van der Waals surface area (Å²) >= 11 is 1.29. The van der Waals surface area contributed by atoms with Crippen molar-refractivity contribution < 1.29 is 47.6 Å². The molecule has 17 nitrogen and oxygen atoms in total. The lowest BCUT2D eigenvalue weighted by atomic mass is 10.0. The number of aromatic nitrogens is 2. The highest BCUT2D eigenvalue weighted by Crippen LogP contribution is 2.40. The fourth-order valence-corrected chi connectivity index (χ4v) is 5.67. The van der Waals surface area contributed by atoms with Gasteiger partial charge >= 0.3 is 11.9 Å². The Balaban J connectivity index is 1.31. The molecule has 5 rings (SSSR count). The fraction of sp³-hybridized carbons (Fsp3) is 0.348. The van der Waals surface area contributed by atoms with Crippen molar-refractivity contribution in [2.24, 2.45) is 10.9 Å². The van der Waals surface area contributed by atoms with Gasteiger partial charge in [0.2, 0.25) is 24.9 Å².